The van der Waals surface area contributed by atoms with Gasteiger partial charge < -0.3 is 9.73 Å². The lowest BCUT2D eigenvalue weighted by Crippen LogP contribution is -2.33. The zero-order valence-corrected chi connectivity index (χ0v) is 21.3. The van der Waals surface area contributed by atoms with Crippen molar-refractivity contribution in [3.63, 3.8) is 0 Å². The van der Waals surface area contributed by atoms with Gasteiger partial charge in [-0.2, -0.15) is 0 Å². The van der Waals surface area contributed by atoms with Gasteiger partial charge in [-0.05, 0) is 71.9 Å². The summed E-state index contributed by atoms with van der Waals surface area (Å²) >= 11 is 0. The number of aryl methyl sites for hydroxylation is 1. The maximum atomic E-state index is 13.7. The number of nitro groups is 1. The van der Waals surface area contributed by atoms with Crippen molar-refractivity contribution >= 4 is 33.5 Å². The van der Waals surface area contributed by atoms with Gasteiger partial charge in [-0.15, -0.1) is 0 Å². The lowest BCUT2D eigenvalue weighted by molar-refractivity contribution is -0.385. The van der Waals surface area contributed by atoms with Crippen LogP contribution in [0.3, 0.4) is 0 Å². The van der Waals surface area contributed by atoms with Crippen molar-refractivity contribution in [3.05, 3.63) is 98.8 Å². The number of Topliss-reactive ketones (excluding diaryl/α,β-unsaturated/α-hetero) is 1. The minimum absolute atomic E-state index is 0.0687. The zero-order valence-electron chi connectivity index (χ0n) is 21.3. The Kier molecular flexibility index (Phi) is 5.13. The van der Waals surface area contributed by atoms with E-state index >= 15 is 0 Å². The predicted octanol–water partition coefficient (Wildman–Crippen LogP) is 7.93. The Morgan fingerprint density at radius 3 is 2.59 bits per heavy atom. The second-order valence-electron chi connectivity index (χ2n) is 11.0. The Morgan fingerprint density at radius 2 is 1.81 bits per heavy atom. The van der Waals surface area contributed by atoms with Crippen molar-refractivity contribution in [1.29, 1.82) is 0 Å². The third-order valence-electron chi connectivity index (χ3n) is 7.64. The van der Waals surface area contributed by atoms with Crippen LogP contribution in [0.2, 0.25) is 0 Å². The number of hydrogen-bond donors (Lipinski definition) is 1. The SMILES string of the molecule is Cc1cc(-c2ccc([C@@H]3Nc4ccc5ccccc5c4C4=C3C(=O)CC(C)(C)C4)o2)c(C)c([N+](=O)[O-])c1. The number of nitro benzene ring substituents is 1. The van der Waals surface area contributed by atoms with Gasteiger partial charge in [0.05, 0.1) is 4.92 Å². The molecular weight excluding hydrogens is 464 g/mol. The molecule has 2 heterocycles. The van der Waals surface area contributed by atoms with Crippen LogP contribution < -0.4 is 5.32 Å². The molecule has 6 rings (SSSR count). The minimum atomic E-state index is -0.430. The van der Waals surface area contributed by atoms with Crippen molar-refractivity contribution in [2.24, 2.45) is 5.41 Å². The number of rotatable bonds is 3. The molecule has 186 valence electrons. The first kappa shape index (κ1) is 23.2. The molecule has 0 spiro atoms. The standard InChI is InChI=1S/C31H28N2O4/c1-17-13-21(18(2)24(14-17)33(35)36)26-11-12-27(37-26)30-29-22(15-31(3,4)16-25(29)34)28-20-8-6-5-7-19(20)9-10-23(28)32-30/h5-14,30,32H,15-16H2,1-4H3/t30-/m0/s1. The Hall–Kier alpha value is -4.19. The number of ketones is 1. The average molecular weight is 493 g/mol. The van der Waals surface area contributed by atoms with Gasteiger partial charge in [0, 0.05) is 40.4 Å². The topological polar surface area (TPSA) is 85.4 Å². The molecule has 2 aliphatic rings. The molecule has 0 fully saturated rings. The second-order valence-corrected chi connectivity index (χ2v) is 11.0. The smallest absolute Gasteiger partial charge is 0.273 e. The summed E-state index contributed by atoms with van der Waals surface area (Å²) in [4.78, 5) is 24.9. The van der Waals surface area contributed by atoms with E-state index < -0.39 is 6.04 Å². The van der Waals surface area contributed by atoms with E-state index in [9.17, 15) is 14.9 Å². The Labute approximate surface area is 215 Å². The van der Waals surface area contributed by atoms with E-state index in [1.165, 1.54) is 0 Å². The summed E-state index contributed by atoms with van der Waals surface area (Å²) in [5.74, 6) is 1.30. The first-order chi connectivity index (χ1) is 17.6. The molecule has 6 heteroatoms. The lowest BCUT2D eigenvalue weighted by atomic mass is 9.68. The average Bonchev–Trinajstić information content (AvgIpc) is 3.33. The quantitative estimate of drug-likeness (QED) is 0.232. The van der Waals surface area contributed by atoms with Gasteiger partial charge >= 0.3 is 0 Å². The van der Waals surface area contributed by atoms with E-state index in [1.807, 2.05) is 37.3 Å². The number of fused-ring (bicyclic) bond motifs is 4. The first-order valence-corrected chi connectivity index (χ1v) is 12.5. The highest BCUT2D eigenvalue weighted by atomic mass is 16.6. The van der Waals surface area contributed by atoms with Gasteiger partial charge in [0.15, 0.2) is 5.78 Å². The summed E-state index contributed by atoms with van der Waals surface area (Å²) in [5, 5.41) is 17.5. The second kappa shape index (κ2) is 8.17. The summed E-state index contributed by atoms with van der Waals surface area (Å²) < 4.78 is 6.36. The maximum Gasteiger partial charge on any atom is 0.273 e. The van der Waals surface area contributed by atoms with E-state index in [1.54, 1.807) is 13.0 Å². The van der Waals surface area contributed by atoms with Gasteiger partial charge in [0.2, 0.25) is 0 Å². The van der Waals surface area contributed by atoms with Crippen LogP contribution in [0.15, 0.2) is 70.7 Å². The van der Waals surface area contributed by atoms with E-state index in [2.05, 4.69) is 43.4 Å². The largest absolute Gasteiger partial charge is 0.459 e. The van der Waals surface area contributed by atoms with Gasteiger partial charge in [-0.3, -0.25) is 14.9 Å². The number of furan rings is 1. The van der Waals surface area contributed by atoms with Crippen molar-refractivity contribution < 1.29 is 14.1 Å². The summed E-state index contributed by atoms with van der Waals surface area (Å²) in [6, 6.07) is 19.2. The molecule has 1 atom stereocenters. The number of nitrogens with one attached hydrogen (secondary N) is 1. The Balaban J connectivity index is 1.52. The molecule has 4 aromatic rings. The van der Waals surface area contributed by atoms with Crippen LogP contribution in [0.5, 0.6) is 0 Å². The van der Waals surface area contributed by atoms with Crippen molar-refractivity contribution in [2.75, 3.05) is 5.32 Å². The number of nitrogens with zero attached hydrogens (tertiary/aromatic N) is 1. The maximum absolute atomic E-state index is 13.7. The Morgan fingerprint density at radius 1 is 1.03 bits per heavy atom. The zero-order chi connectivity index (χ0) is 26.1. The molecular formula is C31H28N2O4. The Bertz CT molecular complexity index is 1660. The van der Waals surface area contributed by atoms with Gasteiger partial charge in [-0.25, -0.2) is 0 Å². The predicted molar refractivity (Wildman–Crippen MR) is 146 cm³/mol. The van der Waals surface area contributed by atoms with Gasteiger partial charge in [0.25, 0.3) is 5.69 Å². The van der Waals surface area contributed by atoms with Crippen molar-refractivity contribution in [2.45, 2.75) is 46.6 Å². The van der Waals surface area contributed by atoms with Crippen LogP contribution in [0, 0.1) is 29.4 Å². The van der Waals surface area contributed by atoms with E-state index in [-0.39, 0.29) is 21.8 Å². The fourth-order valence-electron chi connectivity index (χ4n) is 5.99. The molecule has 3 aromatic carbocycles. The third-order valence-corrected chi connectivity index (χ3v) is 7.64. The molecule has 0 saturated heterocycles. The highest BCUT2D eigenvalue weighted by Gasteiger charge is 2.41. The van der Waals surface area contributed by atoms with Crippen LogP contribution in [0.4, 0.5) is 11.4 Å². The number of anilines is 1. The molecule has 0 amide bonds. The van der Waals surface area contributed by atoms with E-state index in [0.29, 0.717) is 29.1 Å². The van der Waals surface area contributed by atoms with Gasteiger partial charge in [0.1, 0.15) is 17.6 Å². The van der Waals surface area contributed by atoms with Gasteiger partial charge in [-0.1, -0.05) is 44.2 Å². The van der Waals surface area contributed by atoms with E-state index in [0.717, 1.165) is 45.2 Å². The molecule has 1 N–H and O–H groups in total. The van der Waals surface area contributed by atoms with Crippen LogP contribution >= 0.6 is 0 Å². The summed E-state index contributed by atoms with van der Waals surface area (Å²) in [6.07, 6.45) is 1.27. The minimum Gasteiger partial charge on any atom is -0.459 e. The third kappa shape index (κ3) is 3.75. The number of allylic oxidation sites excluding steroid dienone is 1. The highest BCUT2D eigenvalue weighted by Crippen LogP contribution is 2.52. The van der Waals surface area contributed by atoms with Crippen molar-refractivity contribution in [1.82, 2.24) is 0 Å². The summed E-state index contributed by atoms with van der Waals surface area (Å²) in [7, 11) is 0. The summed E-state index contributed by atoms with van der Waals surface area (Å²) in [5.41, 5.74) is 5.88. The normalized spacial score (nSPS) is 18.4. The van der Waals surface area contributed by atoms with Crippen LogP contribution in [-0.2, 0) is 4.79 Å². The molecule has 1 aliphatic carbocycles. The molecule has 6 nitrogen and oxygen atoms in total. The van der Waals surface area contributed by atoms with Crippen LogP contribution in [0.1, 0.15) is 55.2 Å². The molecule has 1 aromatic heterocycles. The fourth-order valence-corrected chi connectivity index (χ4v) is 5.99. The fraction of sp³-hybridized carbons (Fsp3) is 0.258. The number of carbonyl (C=O) groups excluding carboxylic acids is 1. The monoisotopic (exact) mass is 492 g/mol. The van der Waals surface area contributed by atoms with Crippen LogP contribution in [-0.4, -0.2) is 10.7 Å². The number of carbonyl (C=O) groups is 1. The highest BCUT2D eigenvalue weighted by molar-refractivity contribution is 6.12. The van der Waals surface area contributed by atoms with Crippen LogP contribution in [0.25, 0.3) is 27.7 Å². The summed E-state index contributed by atoms with van der Waals surface area (Å²) in [6.45, 7) is 7.87. The molecule has 37 heavy (non-hydrogen) atoms. The van der Waals surface area contributed by atoms with E-state index in [4.69, 9.17) is 4.42 Å². The molecule has 0 bridgehead atoms. The molecule has 0 radical (unpaired) electrons. The lowest BCUT2D eigenvalue weighted by Gasteiger charge is -2.39. The molecule has 0 unspecified atom stereocenters. The number of hydrogen-bond acceptors (Lipinski definition) is 5. The number of benzene rings is 3. The van der Waals surface area contributed by atoms with Crippen molar-refractivity contribution in [3.8, 4) is 11.3 Å². The molecule has 0 saturated carbocycles. The first-order valence-electron chi connectivity index (χ1n) is 12.5. The molecule has 1 aliphatic heterocycles.